The third kappa shape index (κ3) is 2.51. The summed E-state index contributed by atoms with van der Waals surface area (Å²) in [7, 11) is 0. The van der Waals surface area contributed by atoms with Crippen molar-refractivity contribution in [2.75, 3.05) is 13.2 Å². The van der Waals surface area contributed by atoms with Crippen molar-refractivity contribution in [3.8, 4) is 5.75 Å². The number of carbonyl (C=O) groups excluding carboxylic acids is 1. The number of ether oxygens (including phenoxy) is 1. The molecule has 1 aromatic carbocycles. The highest BCUT2D eigenvalue weighted by Gasteiger charge is 2.31. The molecule has 0 saturated carbocycles. The molecule has 0 fully saturated rings. The highest BCUT2D eigenvalue weighted by atomic mass is 16.5. The largest absolute Gasteiger partial charge is 0.486 e. The molecule has 90 valence electrons. The molecule has 0 aliphatic carbocycles. The highest BCUT2D eigenvalue weighted by Crippen LogP contribution is 2.25. The van der Waals surface area contributed by atoms with Crippen LogP contribution >= 0.6 is 0 Å². The summed E-state index contributed by atoms with van der Waals surface area (Å²) in [6.45, 7) is 4.10. The second-order valence-corrected chi connectivity index (χ2v) is 4.28. The Kier molecular flexibility index (Phi) is 3.50. The summed E-state index contributed by atoms with van der Waals surface area (Å²) in [6.07, 6.45) is -0.0261. The maximum atomic E-state index is 10.8. The van der Waals surface area contributed by atoms with Gasteiger partial charge in [0.25, 0.3) is 0 Å². The molecule has 0 bridgehead atoms. The van der Waals surface area contributed by atoms with E-state index in [4.69, 9.17) is 15.1 Å². The first-order valence-electron chi connectivity index (χ1n) is 5.73. The lowest BCUT2D eigenvalue weighted by Crippen LogP contribution is -2.24. The van der Waals surface area contributed by atoms with E-state index in [0.717, 1.165) is 11.0 Å². The standard InChI is InChI=1S/C12H16BNO3/c1-8(15)7-16-9-3-4-10-11(5-9)13(2)17-12(10)6-14/h3-5,12H,6-7,14H2,1-2H3. The van der Waals surface area contributed by atoms with Crippen LogP contribution in [0.25, 0.3) is 0 Å². The Labute approximate surface area is 101 Å². The van der Waals surface area contributed by atoms with Crippen molar-refractivity contribution in [2.45, 2.75) is 19.9 Å². The van der Waals surface area contributed by atoms with Crippen LogP contribution in [0.15, 0.2) is 18.2 Å². The predicted molar refractivity (Wildman–Crippen MR) is 66.8 cm³/mol. The van der Waals surface area contributed by atoms with Crippen LogP contribution in [0.1, 0.15) is 18.6 Å². The number of benzene rings is 1. The fraction of sp³-hybridized carbons (Fsp3) is 0.417. The lowest BCUT2D eigenvalue weighted by atomic mass is 9.64. The van der Waals surface area contributed by atoms with Crippen molar-refractivity contribution in [3.63, 3.8) is 0 Å². The first kappa shape index (κ1) is 12.1. The Hall–Kier alpha value is -1.33. The summed E-state index contributed by atoms with van der Waals surface area (Å²) >= 11 is 0. The first-order chi connectivity index (χ1) is 8.11. The van der Waals surface area contributed by atoms with Crippen LogP contribution in [-0.2, 0) is 9.45 Å². The Balaban J connectivity index is 2.19. The third-order valence-electron chi connectivity index (χ3n) is 2.87. The van der Waals surface area contributed by atoms with Gasteiger partial charge in [-0.05, 0) is 30.1 Å². The Morgan fingerprint density at radius 1 is 1.59 bits per heavy atom. The monoisotopic (exact) mass is 233 g/mol. The number of hydrogen-bond donors (Lipinski definition) is 1. The maximum absolute atomic E-state index is 10.8. The van der Waals surface area contributed by atoms with E-state index in [0.29, 0.717) is 12.3 Å². The van der Waals surface area contributed by atoms with Gasteiger partial charge in [0.1, 0.15) is 12.4 Å². The number of ketones is 1. The van der Waals surface area contributed by atoms with Crippen molar-refractivity contribution in [1.29, 1.82) is 0 Å². The molecule has 1 heterocycles. The van der Waals surface area contributed by atoms with E-state index in [1.54, 1.807) is 0 Å². The molecule has 5 heteroatoms. The van der Waals surface area contributed by atoms with Gasteiger partial charge in [0.05, 0.1) is 6.10 Å². The van der Waals surface area contributed by atoms with E-state index in [9.17, 15) is 4.79 Å². The molecular weight excluding hydrogens is 217 g/mol. The zero-order valence-electron chi connectivity index (χ0n) is 10.1. The fourth-order valence-electron chi connectivity index (χ4n) is 2.05. The summed E-state index contributed by atoms with van der Waals surface area (Å²) in [5.41, 5.74) is 7.87. The van der Waals surface area contributed by atoms with Gasteiger partial charge in [0.2, 0.25) is 0 Å². The second-order valence-electron chi connectivity index (χ2n) is 4.28. The van der Waals surface area contributed by atoms with E-state index in [2.05, 4.69) is 0 Å². The van der Waals surface area contributed by atoms with Crippen LogP contribution in [-0.4, -0.2) is 25.9 Å². The summed E-state index contributed by atoms with van der Waals surface area (Å²) in [5.74, 6) is 0.710. The van der Waals surface area contributed by atoms with Gasteiger partial charge in [0.15, 0.2) is 5.78 Å². The van der Waals surface area contributed by atoms with Gasteiger partial charge >= 0.3 is 6.92 Å². The summed E-state index contributed by atoms with van der Waals surface area (Å²) in [6, 6.07) is 5.75. The van der Waals surface area contributed by atoms with Crippen LogP contribution in [0.5, 0.6) is 5.75 Å². The molecule has 4 nitrogen and oxygen atoms in total. The smallest absolute Gasteiger partial charge is 0.324 e. The van der Waals surface area contributed by atoms with Crippen molar-refractivity contribution < 1.29 is 14.2 Å². The van der Waals surface area contributed by atoms with E-state index in [1.165, 1.54) is 6.92 Å². The molecule has 1 aliphatic heterocycles. The van der Waals surface area contributed by atoms with Crippen LogP contribution in [0.3, 0.4) is 0 Å². The van der Waals surface area contributed by atoms with Crippen LogP contribution in [0.4, 0.5) is 0 Å². The zero-order valence-corrected chi connectivity index (χ0v) is 10.1. The molecule has 0 saturated heterocycles. The molecule has 1 aliphatic rings. The van der Waals surface area contributed by atoms with Gasteiger partial charge in [0, 0.05) is 6.54 Å². The Bertz CT molecular complexity index is 436. The number of Topliss-reactive ketones (excluding diaryl/α,β-unsaturated/α-hetero) is 1. The zero-order chi connectivity index (χ0) is 12.4. The van der Waals surface area contributed by atoms with Gasteiger partial charge in [-0.3, -0.25) is 4.79 Å². The molecule has 1 atom stereocenters. The van der Waals surface area contributed by atoms with Crippen LogP contribution in [0, 0.1) is 0 Å². The minimum Gasteiger partial charge on any atom is -0.486 e. The molecule has 17 heavy (non-hydrogen) atoms. The molecule has 0 radical (unpaired) electrons. The number of carbonyl (C=O) groups is 1. The molecular formula is C12H16BNO3. The SMILES string of the molecule is CB1OC(CN)c2ccc(OCC(C)=O)cc21. The quantitative estimate of drug-likeness (QED) is 0.770. The average molecular weight is 233 g/mol. The van der Waals surface area contributed by atoms with Crippen molar-refractivity contribution >= 4 is 18.2 Å². The van der Waals surface area contributed by atoms with Gasteiger partial charge < -0.3 is 15.1 Å². The minimum atomic E-state index is -0.0261. The topological polar surface area (TPSA) is 61.6 Å². The molecule has 2 N–H and O–H groups in total. The van der Waals surface area contributed by atoms with E-state index in [1.807, 2.05) is 25.0 Å². The molecule has 0 spiro atoms. The van der Waals surface area contributed by atoms with E-state index < -0.39 is 0 Å². The lowest BCUT2D eigenvalue weighted by Gasteiger charge is -2.09. The molecule has 0 amide bonds. The normalized spacial score (nSPS) is 18.1. The van der Waals surface area contributed by atoms with Gasteiger partial charge in [-0.2, -0.15) is 0 Å². The lowest BCUT2D eigenvalue weighted by molar-refractivity contribution is -0.118. The first-order valence-corrected chi connectivity index (χ1v) is 5.73. The van der Waals surface area contributed by atoms with Crippen LogP contribution < -0.4 is 15.9 Å². The van der Waals surface area contributed by atoms with Crippen LogP contribution in [0.2, 0.25) is 6.82 Å². The number of hydrogen-bond acceptors (Lipinski definition) is 4. The number of nitrogens with two attached hydrogens (primary N) is 1. The maximum Gasteiger partial charge on any atom is 0.324 e. The summed E-state index contributed by atoms with van der Waals surface area (Å²) < 4.78 is 11.1. The van der Waals surface area contributed by atoms with E-state index in [-0.39, 0.29) is 25.4 Å². The second kappa shape index (κ2) is 4.90. The number of rotatable bonds is 4. The molecule has 0 aromatic heterocycles. The van der Waals surface area contributed by atoms with Gasteiger partial charge in [-0.1, -0.05) is 12.9 Å². The third-order valence-corrected chi connectivity index (χ3v) is 2.87. The average Bonchev–Trinajstić information content (AvgIpc) is 2.63. The van der Waals surface area contributed by atoms with Crippen molar-refractivity contribution in [2.24, 2.45) is 5.73 Å². The van der Waals surface area contributed by atoms with Gasteiger partial charge in [-0.15, -0.1) is 0 Å². The number of fused-ring (bicyclic) bond motifs is 1. The highest BCUT2D eigenvalue weighted by molar-refractivity contribution is 6.67. The minimum absolute atomic E-state index is 0.00892. The predicted octanol–water partition coefficient (Wildman–Crippen LogP) is 0.513. The van der Waals surface area contributed by atoms with Crippen molar-refractivity contribution in [1.82, 2.24) is 0 Å². The summed E-state index contributed by atoms with van der Waals surface area (Å²) in [4.78, 5) is 10.8. The van der Waals surface area contributed by atoms with Crippen molar-refractivity contribution in [3.05, 3.63) is 23.8 Å². The Morgan fingerprint density at radius 3 is 3.00 bits per heavy atom. The molecule has 1 aromatic rings. The summed E-state index contributed by atoms with van der Waals surface area (Å²) in [5, 5.41) is 0. The van der Waals surface area contributed by atoms with E-state index >= 15 is 0 Å². The van der Waals surface area contributed by atoms with Gasteiger partial charge in [-0.25, -0.2) is 0 Å². The molecule has 2 rings (SSSR count). The fourth-order valence-corrected chi connectivity index (χ4v) is 2.05. The Morgan fingerprint density at radius 2 is 2.35 bits per heavy atom. The molecule has 1 unspecified atom stereocenters.